The van der Waals surface area contributed by atoms with E-state index in [0.29, 0.717) is 5.92 Å². The van der Waals surface area contributed by atoms with Crippen molar-refractivity contribution in [2.75, 3.05) is 0 Å². The molecule has 0 aromatic rings. The van der Waals surface area contributed by atoms with Crippen molar-refractivity contribution in [3.05, 3.63) is 11.6 Å². The highest BCUT2D eigenvalue weighted by Crippen LogP contribution is 2.50. The van der Waals surface area contributed by atoms with Gasteiger partial charge in [-0.1, -0.05) is 25.0 Å². The van der Waals surface area contributed by atoms with Crippen LogP contribution in [0.3, 0.4) is 0 Å². The Morgan fingerprint density at radius 3 is 2.92 bits per heavy atom. The van der Waals surface area contributed by atoms with Crippen LogP contribution in [0.25, 0.3) is 0 Å². The molecule has 1 nitrogen and oxygen atoms in total. The van der Waals surface area contributed by atoms with Gasteiger partial charge in [0.1, 0.15) is 0 Å². The van der Waals surface area contributed by atoms with E-state index in [1.807, 2.05) is 0 Å². The van der Waals surface area contributed by atoms with Crippen molar-refractivity contribution in [2.24, 2.45) is 11.3 Å². The highest BCUT2D eigenvalue weighted by molar-refractivity contribution is 5.15. The summed E-state index contributed by atoms with van der Waals surface area (Å²) in [6.07, 6.45) is 8.15. The van der Waals surface area contributed by atoms with E-state index in [1.54, 1.807) is 0 Å². The Kier molecular flexibility index (Phi) is 2.23. The van der Waals surface area contributed by atoms with Crippen LogP contribution in [0.15, 0.2) is 11.6 Å². The highest BCUT2D eigenvalue weighted by atomic mass is 16.3. The molecule has 2 rings (SSSR count). The molecule has 0 spiro atoms. The third-order valence-electron chi connectivity index (χ3n) is 4.23. The van der Waals surface area contributed by atoms with Gasteiger partial charge in [0.05, 0.1) is 6.10 Å². The summed E-state index contributed by atoms with van der Waals surface area (Å²) in [5, 5.41) is 10.1. The zero-order valence-electron chi connectivity index (χ0n) is 8.71. The fourth-order valence-electron chi connectivity index (χ4n) is 3.25. The van der Waals surface area contributed by atoms with Crippen molar-refractivity contribution in [3.63, 3.8) is 0 Å². The maximum atomic E-state index is 10.1. The van der Waals surface area contributed by atoms with Gasteiger partial charge in [-0.2, -0.15) is 0 Å². The number of allylic oxidation sites excluding steroid dienone is 2. The first-order valence-corrected chi connectivity index (χ1v) is 5.49. The van der Waals surface area contributed by atoms with Crippen molar-refractivity contribution in [3.8, 4) is 0 Å². The topological polar surface area (TPSA) is 20.2 Å². The third-order valence-corrected chi connectivity index (χ3v) is 4.23. The molecule has 1 heteroatoms. The molecule has 1 saturated carbocycles. The first-order chi connectivity index (χ1) is 6.14. The second kappa shape index (κ2) is 3.13. The molecule has 3 atom stereocenters. The molecule has 0 amide bonds. The summed E-state index contributed by atoms with van der Waals surface area (Å²) in [6.45, 7) is 4.51. The van der Waals surface area contributed by atoms with E-state index >= 15 is 0 Å². The van der Waals surface area contributed by atoms with Gasteiger partial charge in [0.25, 0.3) is 0 Å². The Morgan fingerprint density at radius 2 is 2.23 bits per heavy atom. The van der Waals surface area contributed by atoms with E-state index in [1.165, 1.54) is 24.8 Å². The zero-order chi connectivity index (χ0) is 9.47. The molecule has 3 unspecified atom stereocenters. The smallest absolute Gasteiger partial charge is 0.0599 e. The van der Waals surface area contributed by atoms with Gasteiger partial charge < -0.3 is 5.11 Å². The molecule has 0 heterocycles. The summed E-state index contributed by atoms with van der Waals surface area (Å²) >= 11 is 0. The van der Waals surface area contributed by atoms with Crippen LogP contribution in [0.2, 0.25) is 0 Å². The monoisotopic (exact) mass is 180 g/mol. The van der Waals surface area contributed by atoms with Gasteiger partial charge in [-0.3, -0.25) is 0 Å². The van der Waals surface area contributed by atoms with E-state index in [-0.39, 0.29) is 11.5 Å². The third kappa shape index (κ3) is 1.34. The molecule has 0 radical (unpaired) electrons. The van der Waals surface area contributed by atoms with Crippen LogP contribution in [0, 0.1) is 11.3 Å². The number of fused-ring (bicyclic) bond motifs is 1. The van der Waals surface area contributed by atoms with Crippen molar-refractivity contribution in [2.45, 2.75) is 52.1 Å². The number of rotatable bonds is 0. The Labute approximate surface area is 80.8 Å². The minimum atomic E-state index is -0.0603. The van der Waals surface area contributed by atoms with Gasteiger partial charge >= 0.3 is 0 Å². The van der Waals surface area contributed by atoms with Crippen molar-refractivity contribution < 1.29 is 5.11 Å². The van der Waals surface area contributed by atoms with Crippen LogP contribution in [0.5, 0.6) is 0 Å². The molecule has 13 heavy (non-hydrogen) atoms. The molecule has 2 aliphatic carbocycles. The maximum absolute atomic E-state index is 10.1. The minimum absolute atomic E-state index is 0.0603. The molecule has 74 valence electrons. The molecule has 1 N–H and O–H groups in total. The molecule has 1 fully saturated rings. The Morgan fingerprint density at radius 1 is 1.46 bits per heavy atom. The van der Waals surface area contributed by atoms with Crippen LogP contribution in [0.1, 0.15) is 46.0 Å². The molecule has 0 bridgehead atoms. The van der Waals surface area contributed by atoms with Gasteiger partial charge in [-0.25, -0.2) is 0 Å². The number of hydrogen-bond acceptors (Lipinski definition) is 1. The lowest BCUT2D eigenvalue weighted by Crippen LogP contribution is -2.44. The fourth-order valence-corrected chi connectivity index (χ4v) is 3.25. The molecule has 0 aromatic carbocycles. The van der Waals surface area contributed by atoms with E-state index in [2.05, 4.69) is 19.9 Å². The predicted molar refractivity (Wildman–Crippen MR) is 54.4 cm³/mol. The lowest BCUT2D eigenvalue weighted by Gasteiger charge is -2.48. The number of aliphatic hydroxyl groups excluding tert-OH is 1. The molecule has 0 saturated heterocycles. The largest absolute Gasteiger partial charge is 0.393 e. The second-order valence-electron chi connectivity index (χ2n) is 4.99. The molecular weight excluding hydrogens is 160 g/mol. The maximum Gasteiger partial charge on any atom is 0.0599 e. The van der Waals surface area contributed by atoms with Crippen LogP contribution >= 0.6 is 0 Å². The van der Waals surface area contributed by atoms with Crippen LogP contribution in [-0.4, -0.2) is 11.2 Å². The zero-order valence-corrected chi connectivity index (χ0v) is 8.71. The van der Waals surface area contributed by atoms with E-state index in [4.69, 9.17) is 0 Å². The second-order valence-corrected chi connectivity index (χ2v) is 4.99. The average molecular weight is 180 g/mol. The van der Waals surface area contributed by atoms with E-state index in [0.717, 1.165) is 12.8 Å². The van der Waals surface area contributed by atoms with Gasteiger partial charge in [0.2, 0.25) is 0 Å². The Balaban J connectivity index is 2.28. The molecule has 2 aliphatic rings. The van der Waals surface area contributed by atoms with Crippen molar-refractivity contribution >= 4 is 0 Å². The van der Waals surface area contributed by atoms with Crippen LogP contribution in [-0.2, 0) is 0 Å². The quantitative estimate of drug-likeness (QED) is 0.568. The average Bonchev–Trinajstić information content (AvgIpc) is 2.08. The highest BCUT2D eigenvalue weighted by Gasteiger charge is 2.44. The lowest BCUT2D eigenvalue weighted by molar-refractivity contribution is -0.0392. The first-order valence-electron chi connectivity index (χ1n) is 5.49. The number of hydrogen-bond donors (Lipinski definition) is 1. The summed E-state index contributed by atoms with van der Waals surface area (Å²) in [5.41, 5.74) is 1.71. The summed E-state index contributed by atoms with van der Waals surface area (Å²) < 4.78 is 0. The van der Waals surface area contributed by atoms with Gasteiger partial charge in [-0.15, -0.1) is 0 Å². The van der Waals surface area contributed by atoms with Crippen molar-refractivity contribution in [1.29, 1.82) is 0 Å². The summed E-state index contributed by atoms with van der Waals surface area (Å²) in [5.74, 6) is 0.657. The molecule has 0 aromatic heterocycles. The van der Waals surface area contributed by atoms with Gasteiger partial charge in [0.15, 0.2) is 0 Å². The van der Waals surface area contributed by atoms with E-state index < -0.39 is 0 Å². The van der Waals surface area contributed by atoms with Crippen molar-refractivity contribution in [1.82, 2.24) is 0 Å². The Hall–Kier alpha value is -0.300. The summed E-state index contributed by atoms with van der Waals surface area (Å²) in [7, 11) is 0. The lowest BCUT2D eigenvalue weighted by atomic mass is 9.59. The summed E-state index contributed by atoms with van der Waals surface area (Å²) in [4.78, 5) is 0. The first kappa shape index (κ1) is 9.26. The molecule has 0 aliphatic heterocycles. The normalized spacial score (nSPS) is 45.3. The van der Waals surface area contributed by atoms with Gasteiger partial charge in [0, 0.05) is 5.41 Å². The molecular formula is C12H20O. The Bertz CT molecular complexity index is 231. The number of aliphatic hydroxyl groups is 1. The fraction of sp³-hybridized carbons (Fsp3) is 0.833. The summed E-state index contributed by atoms with van der Waals surface area (Å²) in [6, 6.07) is 0. The standard InChI is InChI=1S/C12H20O/c1-9-5-4-8-12(2)10(9)6-3-7-11(12)13/h5,10-11,13H,3-4,6-8H2,1-2H3. The van der Waals surface area contributed by atoms with E-state index in [9.17, 15) is 5.11 Å². The SMILES string of the molecule is CC1=CCCC2(C)C(O)CCCC12. The predicted octanol–water partition coefficient (Wildman–Crippen LogP) is 2.89. The van der Waals surface area contributed by atoms with Crippen LogP contribution < -0.4 is 0 Å². The minimum Gasteiger partial charge on any atom is -0.393 e. The van der Waals surface area contributed by atoms with Crippen LogP contribution in [0.4, 0.5) is 0 Å². The van der Waals surface area contributed by atoms with Gasteiger partial charge in [-0.05, 0) is 38.5 Å².